The van der Waals surface area contributed by atoms with Gasteiger partial charge in [-0.15, -0.1) is 0 Å². The van der Waals surface area contributed by atoms with Crippen molar-refractivity contribution in [3.8, 4) is 0 Å². The minimum atomic E-state index is -4.45. The number of hydrogen-bond donors (Lipinski definition) is 0. The first-order valence-corrected chi connectivity index (χ1v) is 8.39. The Morgan fingerprint density at radius 3 is 2.14 bits per heavy atom. The van der Waals surface area contributed by atoms with Crippen LogP contribution < -0.4 is 51.4 Å². The molecule has 0 heterocycles. The monoisotopic (exact) mass is 330 g/mol. The van der Waals surface area contributed by atoms with Crippen molar-refractivity contribution in [3.05, 3.63) is 41.5 Å². The summed E-state index contributed by atoms with van der Waals surface area (Å²) in [5.41, 5.74) is 2.05. The van der Waals surface area contributed by atoms with E-state index in [0.29, 0.717) is 5.39 Å². The molecule has 0 aliphatic rings. The maximum Gasteiger partial charge on any atom is 1.00 e. The Bertz CT molecular complexity index is 724. The third-order valence-electron chi connectivity index (χ3n) is 3.49. The first-order valence-electron chi connectivity index (χ1n) is 6.98. The zero-order valence-electron chi connectivity index (χ0n) is 12.8. The minimum absolute atomic E-state index is 0. The van der Waals surface area contributed by atoms with Crippen LogP contribution in [0.5, 0.6) is 0 Å². The van der Waals surface area contributed by atoms with Crippen molar-refractivity contribution in [2.75, 3.05) is 0 Å². The van der Waals surface area contributed by atoms with Crippen LogP contribution in [-0.2, 0) is 23.0 Å². The number of aryl methyl sites for hydroxylation is 2. The topological polar surface area (TPSA) is 57.2 Å². The van der Waals surface area contributed by atoms with Gasteiger partial charge in [0.25, 0.3) is 0 Å². The molecule has 0 aliphatic carbocycles. The summed E-state index contributed by atoms with van der Waals surface area (Å²) in [6, 6.07) is 9.00. The van der Waals surface area contributed by atoms with Crippen LogP contribution >= 0.6 is 0 Å². The molecule has 2 aromatic carbocycles. The van der Waals surface area contributed by atoms with Gasteiger partial charge in [0.15, 0.2) is 0 Å². The molecule has 2 rings (SSSR count). The Morgan fingerprint density at radius 2 is 1.57 bits per heavy atom. The fraction of sp³-hybridized carbons (Fsp3) is 0.375. The molecule has 0 unspecified atom stereocenters. The normalized spacial score (nSPS) is 11.4. The summed E-state index contributed by atoms with van der Waals surface area (Å²) in [6.07, 6.45) is 3.55. The predicted molar refractivity (Wildman–Crippen MR) is 79.9 cm³/mol. The fourth-order valence-electron chi connectivity index (χ4n) is 2.68. The van der Waals surface area contributed by atoms with Crippen LogP contribution in [0.15, 0.2) is 35.2 Å². The zero-order chi connectivity index (χ0) is 14.8. The van der Waals surface area contributed by atoms with Crippen LogP contribution in [0.4, 0.5) is 0 Å². The second-order valence-corrected chi connectivity index (χ2v) is 6.36. The molecule has 108 valence electrons. The Labute approximate surface area is 169 Å². The van der Waals surface area contributed by atoms with Crippen molar-refractivity contribution in [3.63, 3.8) is 0 Å². The molecule has 0 amide bonds. The van der Waals surface area contributed by atoms with E-state index in [1.165, 1.54) is 6.07 Å². The summed E-state index contributed by atoms with van der Waals surface area (Å²) >= 11 is 0. The molecule has 0 aromatic heterocycles. The van der Waals surface area contributed by atoms with Gasteiger partial charge in [-0.2, -0.15) is 0 Å². The van der Waals surface area contributed by atoms with Gasteiger partial charge in [0.2, 0.25) is 0 Å². The second-order valence-electron chi connectivity index (χ2n) is 5.02. The van der Waals surface area contributed by atoms with E-state index in [1.54, 1.807) is 6.07 Å². The van der Waals surface area contributed by atoms with Crippen molar-refractivity contribution < 1.29 is 64.4 Å². The first kappa shape index (κ1) is 19.3. The SMILES string of the molecule is CCCc1ccc(S(=O)(=O)[O-])c2c(CCC)cccc12.[K+]. The summed E-state index contributed by atoms with van der Waals surface area (Å²) in [6.45, 7) is 4.13. The van der Waals surface area contributed by atoms with Crippen LogP contribution in [0.25, 0.3) is 10.8 Å². The Balaban J connectivity index is 0.00000220. The molecule has 0 aliphatic heterocycles. The van der Waals surface area contributed by atoms with Crippen molar-refractivity contribution in [2.45, 2.75) is 44.4 Å². The molecule has 21 heavy (non-hydrogen) atoms. The van der Waals surface area contributed by atoms with E-state index in [1.807, 2.05) is 25.1 Å². The maximum atomic E-state index is 11.5. The van der Waals surface area contributed by atoms with Gasteiger partial charge >= 0.3 is 51.4 Å². The molecule has 3 nitrogen and oxygen atoms in total. The summed E-state index contributed by atoms with van der Waals surface area (Å²) in [4.78, 5) is -0.0867. The van der Waals surface area contributed by atoms with Gasteiger partial charge in [0, 0.05) is 5.39 Å². The zero-order valence-corrected chi connectivity index (χ0v) is 16.8. The van der Waals surface area contributed by atoms with Crippen LogP contribution in [0.3, 0.4) is 0 Å². The summed E-state index contributed by atoms with van der Waals surface area (Å²) in [7, 11) is -4.45. The molecule has 0 spiro atoms. The standard InChI is InChI=1S/C16H20O3S.K/c1-3-6-12-10-11-15(20(17,18)19)16-13(7-4-2)8-5-9-14(12)16;/h5,8-11H,3-4,6-7H2,1-2H3,(H,17,18,19);/q;+1/p-1. The third kappa shape index (κ3) is 4.38. The van der Waals surface area contributed by atoms with Gasteiger partial charge < -0.3 is 4.55 Å². The first-order chi connectivity index (χ1) is 9.49. The number of hydrogen-bond acceptors (Lipinski definition) is 3. The summed E-state index contributed by atoms with van der Waals surface area (Å²) in [5.74, 6) is 0. The van der Waals surface area contributed by atoms with Crippen LogP contribution in [-0.4, -0.2) is 13.0 Å². The largest absolute Gasteiger partial charge is 1.00 e. The van der Waals surface area contributed by atoms with Gasteiger partial charge in [-0.3, -0.25) is 0 Å². The van der Waals surface area contributed by atoms with E-state index in [9.17, 15) is 13.0 Å². The van der Waals surface area contributed by atoms with E-state index in [4.69, 9.17) is 0 Å². The summed E-state index contributed by atoms with van der Waals surface area (Å²) in [5, 5.41) is 1.52. The van der Waals surface area contributed by atoms with Crippen molar-refractivity contribution in [2.24, 2.45) is 0 Å². The van der Waals surface area contributed by atoms with Gasteiger partial charge in [-0.05, 0) is 35.4 Å². The van der Waals surface area contributed by atoms with Crippen LogP contribution in [0, 0.1) is 0 Å². The molecule has 5 heteroatoms. The van der Waals surface area contributed by atoms with E-state index < -0.39 is 10.1 Å². The van der Waals surface area contributed by atoms with Gasteiger partial charge in [-0.25, -0.2) is 8.42 Å². The molecule has 0 saturated heterocycles. The molecule has 0 bridgehead atoms. The molecule has 0 saturated carbocycles. The Morgan fingerprint density at radius 1 is 0.952 bits per heavy atom. The summed E-state index contributed by atoms with van der Waals surface area (Å²) < 4.78 is 34.6. The number of fused-ring (bicyclic) bond motifs is 1. The predicted octanol–water partition coefficient (Wildman–Crippen LogP) is 0.653. The van der Waals surface area contributed by atoms with E-state index in [0.717, 1.165) is 42.2 Å². The van der Waals surface area contributed by atoms with E-state index in [-0.39, 0.29) is 56.3 Å². The molecule has 0 fully saturated rings. The Kier molecular flexibility index (Phi) is 7.53. The quantitative estimate of drug-likeness (QED) is 0.597. The van der Waals surface area contributed by atoms with E-state index in [2.05, 4.69) is 6.92 Å². The Hall–Kier alpha value is 0.246. The smallest absolute Gasteiger partial charge is 0.744 e. The molecule has 0 atom stereocenters. The van der Waals surface area contributed by atoms with Gasteiger partial charge in [-0.1, -0.05) is 51.0 Å². The minimum Gasteiger partial charge on any atom is -0.744 e. The molecular weight excluding hydrogens is 311 g/mol. The average Bonchev–Trinajstić information content (AvgIpc) is 2.39. The average molecular weight is 330 g/mol. The van der Waals surface area contributed by atoms with Gasteiger partial charge in [0.05, 0.1) is 4.90 Å². The van der Waals surface area contributed by atoms with Crippen LogP contribution in [0.2, 0.25) is 0 Å². The number of benzene rings is 2. The van der Waals surface area contributed by atoms with Crippen LogP contribution in [0.1, 0.15) is 37.8 Å². The van der Waals surface area contributed by atoms with Crippen molar-refractivity contribution in [1.82, 2.24) is 0 Å². The second kappa shape index (κ2) is 8.20. The molecule has 2 aromatic rings. The molecular formula is C16H19KO3S. The number of rotatable bonds is 5. The maximum absolute atomic E-state index is 11.5. The van der Waals surface area contributed by atoms with E-state index >= 15 is 0 Å². The molecule has 0 radical (unpaired) electrons. The van der Waals surface area contributed by atoms with Gasteiger partial charge in [0.1, 0.15) is 10.1 Å². The van der Waals surface area contributed by atoms with Crippen molar-refractivity contribution in [1.29, 1.82) is 0 Å². The fourth-order valence-corrected chi connectivity index (χ4v) is 3.41. The van der Waals surface area contributed by atoms with Crippen molar-refractivity contribution >= 4 is 20.9 Å². The third-order valence-corrected chi connectivity index (χ3v) is 4.37. The molecule has 0 N–H and O–H groups in total.